The van der Waals surface area contributed by atoms with E-state index in [0.29, 0.717) is 0 Å². The quantitative estimate of drug-likeness (QED) is 0.327. The van der Waals surface area contributed by atoms with Crippen LogP contribution in [0, 0.1) is 0 Å². The molecule has 7 heteroatoms. The van der Waals surface area contributed by atoms with Crippen molar-refractivity contribution >= 4 is 17.4 Å². The third-order valence-corrected chi connectivity index (χ3v) is 0. The Morgan fingerprint density at radius 3 is 0.429 bits per heavy atom. The van der Waals surface area contributed by atoms with Gasteiger partial charge in [0.15, 0.2) is 0 Å². The summed E-state index contributed by atoms with van der Waals surface area (Å²) in [4.78, 5) is 0. The fraction of sp³-hybridized carbons (Fsp3) is 0. The summed E-state index contributed by atoms with van der Waals surface area (Å²) in [6.07, 6.45) is 0. The molecular weight excluding hydrogens is 183 g/mol. The van der Waals surface area contributed by atoms with Crippen molar-refractivity contribution in [2.75, 3.05) is 0 Å². The predicted molar refractivity (Wildman–Crippen MR) is 5.75 cm³/mol. The van der Waals surface area contributed by atoms with E-state index in [0.717, 1.165) is 0 Å². The fourth-order valence-corrected chi connectivity index (χ4v) is 0. The predicted octanol–water partition coefficient (Wildman–Crippen LogP) is -18.4. The average molecular weight is 183 g/mol. The summed E-state index contributed by atoms with van der Waals surface area (Å²) in [5.41, 5.74) is 0. The summed E-state index contributed by atoms with van der Waals surface area (Å²) in [6, 6.07) is 0. The van der Waals surface area contributed by atoms with E-state index in [4.69, 9.17) is 0 Å². The minimum Gasteiger partial charge on any atom is -1.00 e. The van der Waals surface area contributed by atoms with Crippen molar-refractivity contribution in [2.45, 2.75) is 0 Å². The van der Waals surface area contributed by atoms with Gasteiger partial charge in [-0.05, 0) is 0 Å². The third-order valence-electron chi connectivity index (χ3n) is 0. The van der Waals surface area contributed by atoms with Gasteiger partial charge in [0, 0.05) is 0 Å². The first-order chi connectivity index (χ1) is 0. The molecule has 0 bridgehead atoms. The van der Waals surface area contributed by atoms with Crippen LogP contribution in [0.2, 0.25) is 0 Å². The normalized spacial score (nSPS) is 0. The SMILES string of the molecule is [Al+3].[Cl-].[Cl-].[Cl-].[Cl-].[Li+].[Li+]. The second kappa shape index (κ2) is 66.3. The van der Waals surface area contributed by atoms with Crippen LogP contribution in [0.15, 0.2) is 0 Å². The summed E-state index contributed by atoms with van der Waals surface area (Å²) >= 11 is 0. The molecule has 0 aliphatic rings. The Morgan fingerprint density at radius 2 is 0.429 bits per heavy atom. The minimum atomic E-state index is 0. The van der Waals surface area contributed by atoms with Crippen LogP contribution >= 0.6 is 0 Å². The molecule has 0 aromatic rings. The van der Waals surface area contributed by atoms with Crippen LogP contribution in [-0.2, 0) is 0 Å². The number of hydrogen-bond acceptors (Lipinski definition) is 0. The molecule has 0 aliphatic carbocycles. The van der Waals surface area contributed by atoms with Gasteiger partial charge in [-0.25, -0.2) is 0 Å². The van der Waals surface area contributed by atoms with Gasteiger partial charge in [0.2, 0.25) is 0 Å². The maximum Gasteiger partial charge on any atom is 3.00 e. The number of halogens is 4. The molecule has 0 heterocycles. The Balaban J connectivity index is 0. The third kappa shape index (κ3) is 50.6. The second-order valence-electron chi connectivity index (χ2n) is 0. The van der Waals surface area contributed by atoms with E-state index in [9.17, 15) is 0 Å². The Bertz CT molecular complexity index is 9.65. The smallest absolute Gasteiger partial charge is 1.00 e. The molecule has 0 atom stereocenters. The molecule has 0 amide bonds. The number of rotatable bonds is 0. The van der Waals surface area contributed by atoms with Gasteiger partial charge in [-0.3, -0.25) is 0 Å². The summed E-state index contributed by atoms with van der Waals surface area (Å²) in [6.45, 7) is 0. The van der Waals surface area contributed by atoms with Crippen molar-refractivity contribution in [1.29, 1.82) is 0 Å². The molecule has 0 nitrogen and oxygen atoms in total. The van der Waals surface area contributed by atoms with Crippen molar-refractivity contribution < 1.29 is 87.3 Å². The summed E-state index contributed by atoms with van der Waals surface area (Å²) < 4.78 is 0. The van der Waals surface area contributed by atoms with E-state index in [2.05, 4.69) is 0 Å². The topological polar surface area (TPSA) is 0 Å². The first-order valence-electron chi connectivity index (χ1n) is 0. The summed E-state index contributed by atoms with van der Waals surface area (Å²) in [7, 11) is 0. The van der Waals surface area contributed by atoms with Crippen LogP contribution in [-0.4, -0.2) is 17.4 Å². The van der Waals surface area contributed by atoms with Crippen molar-refractivity contribution in [1.82, 2.24) is 0 Å². The second-order valence-corrected chi connectivity index (χ2v) is 0. The van der Waals surface area contributed by atoms with Crippen molar-refractivity contribution in [2.24, 2.45) is 0 Å². The van der Waals surface area contributed by atoms with Gasteiger partial charge in [-0.1, -0.05) is 0 Å². The zero-order chi connectivity index (χ0) is 0. The largest absolute Gasteiger partial charge is 3.00 e. The van der Waals surface area contributed by atoms with Crippen molar-refractivity contribution in [3.05, 3.63) is 0 Å². The maximum absolute atomic E-state index is 0. The van der Waals surface area contributed by atoms with Gasteiger partial charge in [0.1, 0.15) is 0 Å². The molecule has 0 unspecified atom stereocenters. The Hall–Kier alpha value is 2.89. The van der Waals surface area contributed by atoms with Gasteiger partial charge in [0.25, 0.3) is 0 Å². The Kier molecular flexibility index (Phi) is 888. The average Bonchev–Trinajstić information content (AvgIpc) is 0. The zero-order valence-corrected chi connectivity index (χ0v) is 8.27. The van der Waals surface area contributed by atoms with Crippen molar-refractivity contribution in [3.8, 4) is 0 Å². The van der Waals surface area contributed by atoms with Crippen LogP contribution in [0.25, 0.3) is 0 Å². The first kappa shape index (κ1) is 93.7. The van der Waals surface area contributed by atoms with Crippen molar-refractivity contribution in [3.63, 3.8) is 0 Å². The van der Waals surface area contributed by atoms with E-state index < -0.39 is 0 Å². The van der Waals surface area contributed by atoms with Crippen LogP contribution in [0.1, 0.15) is 0 Å². The molecule has 0 N–H and O–H groups in total. The van der Waals surface area contributed by atoms with E-state index in [-0.39, 0.29) is 105 Å². The van der Waals surface area contributed by atoms with Gasteiger partial charge in [0.05, 0.1) is 0 Å². The van der Waals surface area contributed by atoms with Gasteiger partial charge < -0.3 is 49.6 Å². The van der Waals surface area contributed by atoms with Crippen LogP contribution in [0.5, 0.6) is 0 Å². The molecule has 0 fully saturated rings. The van der Waals surface area contributed by atoms with E-state index >= 15 is 0 Å². The maximum atomic E-state index is 0. The first-order valence-corrected chi connectivity index (χ1v) is 0. The fourth-order valence-electron chi connectivity index (χ4n) is 0. The van der Waals surface area contributed by atoms with E-state index in [1.807, 2.05) is 0 Å². The summed E-state index contributed by atoms with van der Waals surface area (Å²) in [5, 5.41) is 0. The Labute approximate surface area is 103 Å². The Morgan fingerprint density at radius 1 is 0.429 bits per heavy atom. The molecule has 0 saturated carbocycles. The standard InChI is InChI=1S/Al.4ClH.2Li/h;4*1H;;/q+3;;;;;2*+1/p-4. The van der Waals surface area contributed by atoms with Crippen LogP contribution in [0.3, 0.4) is 0 Å². The molecule has 32 valence electrons. The number of hydrogen-bond donors (Lipinski definition) is 0. The molecule has 0 aromatic carbocycles. The van der Waals surface area contributed by atoms with E-state index in [1.54, 1.807) is 0 Å². The van der Waals surface area contributed by atoms with Gasteiger partial charge >= 0.3 is 55.1 Å². The van der Waals surface area contributed by atoms with Crippen LogP contribution < -0.4 is 87.3 Å². The van der Waals surface area contributed by atoms with E-state index in [1.165, 1.54) is 0 Å². The van der Waals surface area contributed by atoms with Gasteiger partial charge in [-0.15, -0.1) is 0 Å². The molecule has 0 spiro atoms. The zero-order valence-electron chi connectivity index (χ0n) is 4.09. The molecule has 0 rings (SSSR count). The molecule has 0 radical (unpaired) electrons. The van der Waals surface area contributed by atoms with Crippen LogP contribution in [0.4, 0.5) is 0 Å². The monoisotopic (exact) mass is 181 g/mol. The molecule has 0 saturated heterocycles. The molecule has 0 aromatic heterocycles. The molecule has 7 heavy (non-hydrogen) atoms. The minimum absolute atomic E-state index is 0. The van der Waals surface area contributed by atoms with Gasteiger partial charge in [-0.2, -0.15) is 0 Å². The summed E-state index contributed by atoms with van der Waals surface area (Å²) in [5.74, 6) is 0. The molecule has 0 aliphatic heterocycles. The molecular formula is AlCl4Li2+.